The quantitative estimate of drug-likeness (QED) is 0.679. The minimum atomic E-state index is -4.46. The summed E-state index contributed by atoms with van der Waals surface area (Å²) in [4.78, 5) is 14.9. The fourth-order valence-electron chi connectivity index (χ4n) is 3.41. The van der Waals surface area contributed by atoms with Crippen molar-refractivity contribution in [2.24, 2.45) is 0 Å². The predicted octanol–water partition coefficient (Wildman–Crippen LogP) is 1.28. The van der Waals surface area contributed by atoms with Gasteiger partial charge in [-0.1, -0.05) is 41.9 Å². The molecule has 0 aromatic heterocycles. The summed E-state index contributed by atoms with van der Waals surface area (Å²) in [5.74, 6) is -0.247. The van der Waals surface area contributed by atoms with Crippen LogP contribution < -0.4 is 15.1 Å². The molecule has 1 amide bonds. The van der Waals surface area contributed by atoms with Crippen LogP contribution in [-0.4, -0.2) is 38.6 Å². The lowest BCUT2D eigenvalue weighted by molar-refractivity contribution is -1.02. The maximum atomic E-state index is 12.7. The van der Waals surface area contributed by atoms with Crippen LogP contribution in [0.2, 0.25) is 5.02 Å². The van der Waals surface area contributed by atoms with Crippen molar-refractivity contribution in [3.8, 4) is 0 Å². The molecule has 0 atom stereocenters. The van der Waals surface area contributed by atoms with Gasteiger partial charge in [0.1, 0.15) is 32.7 Å². The Hall–Kier alpha value is -2.09. The zero-order valence-corrected chi connectivity index (χ0v) is 16.0. The topological polar surface area (TPSA) is 38.0 Å². The third-order valence-corrected chi connectivity index (χ3v) is 5.25. The molecule has 1 saturated heterocycles. The number of anilines is 1. The fourth-order valence-corrected chi connectivity index (χ4v) is 3.64. The summed E-state index contributed by atoms with van der Waals surface area (Å²) >= 11 is 5.89. The number of alkyl halides is 3. The van der Waals surface area contributed by atoms with E-state index in [1.165, 1.54) is 16.5 Å². The molecule has 0 saturated carbocycles. The highest BCUT2D eigenvalue weighted by Gasteiger charge is 2.31. The summed E-state index contributed by atoms with van der Waals surface area (Å²) in [5, 5.41) is 2.51. The van der Waals surface area contributed by atoms with Crippen LogP contribution in [0.15, 0.2) is 48.5 Å². The number of halogens is 4. The summed E-state index contributed by atoms with van der Waals surface area (Å²) in [6.45, 7) is 4.93. The van der Waals surface area contributed by atoms with Gasteiger partial charge in [-0.05, 0) is 18.2 Å². The molecule has 0 unspecified atom stereocenters. The van der Waals surface area contributed by atoms with Crippen LogP contribution in [-0.2, 0) is 17.5 Å². The Balaban J connectivity index is 1.47. The first kappa shape index (κ1) is 20.6. The second-order valence-electron chi connectivity index (χ2n) is 7.08. The second-order valence-corrected chi connectivity index (χ2v) is 7.49. The Labute approximate surface area is 166 Å². The van der Waals surface area contributed by atoms with Crippen LogP contribution in [0.3, 0.4) is 0 Å². The molecule has 3 N–H and O–H groups in total. The van der Waals surface area contributed by atoms with E-state index in [0.717, 1.165) is 49.8 Å². The second kappa shape index (κ2) is 8.94. The van der Waals surface area contributed by atoms with E-state index < -0.39 is 11.7 Å². The third kappa shape index (κ3) is 5.70. The van der Waals surface area contributed by atoms with Crippen LogP contribution in [0, 0.1) is 0 Å². The average Bonchev–Trinajstić information content (AvgIpc) is 2.65. The monoisotopic (exact) mass is 413 g/mol. The van der Waals surface area contributed by atoms with Gasteiger partial charge in [-0.25, -0.2) is 0 Å². The SMILES string of the molecule is O=C(C[NH+]1CC[NH+](Cc2ccccc2)CC1)Nc1ccc(C(F)(F)F)cc1Cl. The maximum Gasteiger partial charge on any atom is 0.416 e. The van der Waals surface area contributed by atoms with Crippen LogP contribution in [0.25, 0.3) is 0 Å². The predicted molar refractivity (Wildman–Crippen MR) is 101 cm³/mol. The summed E-state index contributed by atoms with van der Waals surface area (Å²) < 4.78 is 38.1. The van der Waals surface area contributed by atoms with E-state index in [4.69, 9.17) is 11.6 Å². The van der Waals surface area contributed by atoms with Gasteiger partial charge in [-0.3, -0.25) is 4.79 Å². The minimum absolute atomic E-state index is 0.115. The van der Waals surface area contributed by atoms with Gasteiger partial charge in [0.25, 0.3) is 5.91 Å². The normalized spacial score (nSPS) is 20.0. The van der Waals surface area contributed by atoms with E-state index in [1.807, 2.05) is 18.2 Å². The van der Waals surface area contributed by atoms with Crippen molar-refractivity contribution >= 4 is 23.2 Å². The summed E-state index contributed by atoms with van der Waals surface area (Å²) in [6, 6.07) is 13.2. The first-order valence-corrected chi connectivity index (χ1v) is 9.57. The van der Waals surface area contributed by atoms with Crippen LogP contribution >= 0.6 is 11.6 Å². The first-order valence-electron chi connectivity index (χ1n) is 9.19. The van der Waals surface area contributed by atoms with Crippen LogP contribution in [0.4, 0.5) is 18.9 Å². The van der Waals surface area contributed by atoms with Crippen molar-refractivity contribution in [3.05, 3.63) is 64.7 Å². The lowest BCUT2D eigenvalue weighted by Crippen LogP contribution is -3.28. The number of carbonyl (C=O) groups excluding carboxylic acids is 1. The summed E-state index contributed by atoms with van der Waals surface area (Å²) in [7, 11) is 0. The largest absolute Gasteiger partial charge is 0.416 e. The van der Waals surface area contributed by atoms with Gasteiger partial charge in [-0.2, -0.15) is 13.2 Å². The van der Waals surface area contributed by atoms with Crippen molar-refractivity contribution in [2.45, 2.75) is 12.7 Å². The average molecular weight is 414 g/mol. The van der Waals surface area contributed by atoms with E-state index in [-0.39, 0.29) is 23.2 Å². The van der Waals surface area contributed by atoms with Gasteiger partial charge >= 0.3 is 6.18 Å². The van der Waals surface area contributed by atoms with Gasteiger partial charge in [-0.15, -0.1) is 0 Å². The molecule has 2 aromatic rings. The maximum absolute atomic E-state index is 12.7. The molecule has 150 valence electrons. The van der Waals surface area contributed by atoms with E-state index in [1.54, 1.807) is 0 Å². The highest BCUT2D eigenvalue weighted by atomic mass is 35.5. The fraction of sp³-hybridized carbons (Fsp3) is 0.350. The molecule has 0 spiro atoms. The Morgan fingerprint density at radius 2 is 1.64 bits per heavy atom. The molecule has 28 heavy (non-hydrogen) atoms. The van der Waals surface area contributed by atoms with E-state index in [9.17, 15) is 18.0 Å². The molecule has 0 radical (unpaired) electrons. The Morgan fingerprint density at radius 1 is 1.00 bits per heavy atom. The number of hydrogen-bond donors (Lipinski definition) is 3. The van der Waals surface area contributed by atoms with E-state index in [2.05, 4.69) is 17.4 Å². The lowest BCUT2D eigenvalue weighted by Gasteiger charge is -2.29. The summed E-state index contributed by atoms with van der Waals surface area (Å²) in [6.07, 6.45) is -4.46. The molecule has 1 fully saturated rings. The van der Waals surface area contributed by atoms with Gasteiger partial charge < -0.3 is 15.1 Å². The van der Waals surface area contributed by atoms with Crippen molar-refractivity contribution < 1.29 is 27.8 Å². The number of carbonyl (C=O) groups is 1. The molecule has 2 aromatic carbocycles. The zero-order chi connectivity index (χ0) is 20.1. The number of benzene rings is 2. The van der Waals surface area contributed by atoms with Crippen LogP contribution in [0.1, 0.15) is 11.1 Å². The van der Waals surface area contributed by atoms with Crippen molar-refractivity contribution in [2.75, 3.05) is 38.0 Å². The van der Waals surface area contributed by atoms with Gasteiger partial charge in [0.2, 0.25) is 0 Å². The van der Waals surface area contributed by atoms with Gasteiger partial charge in [0.05, 0.1) is 16.3 Å². The van der Waals surface area contributed by atoms with Gasteiger partial charge in [0, 0.05) is 5.56 Å². The molecule has 1 heterocycles. The van der Waals surface area contributed by atoms with Crippen molar-refractivity contribution in [3.63, 3.8) is 0 Å². The number of piperazine rings is 1. The number of amides is 1. The molecule has 1 aliphatic heterocycles. The number of rotatable bonds is 5. The Bertz CT molecular complexity index is 806. The zero-order valence-electron chi connectivity index (χ0n) is 15.3. The highest BCUT2D eigenvalue weighted by Crippen LogP contribution is 2.33. The Kier molecular flexibility index (Phi) is 6.59. The molecule has 4 nitrogen and oxygen atoms in total. The summed E-state index contributed by atoms with van der Waals surface area (Å²) in [5.41, 5.74) is 0.668. The molecule has 0 bridgehead atoms. The molecule has 8 heteroatoms. The van der Waals surface area contributed by atoms with Crippen molar-refractivity contribution in [1.82, 2.24) is 0 Å². The molecule has 1 aliphatic rings. The Morgan fingerprint density at radius 3 is 2.25 bits per heavy atom. The number of nitrogens with one attached hydrogen (secondary N) is 3. The van der Waals surface area contributed by atoms with Crippen LogP contribution in [0.5, 0.6) is 0 Å². The third-order valence-electron chi connectivity index (χ3n) is 4.94. The molecule has 0 aliphatic carbocycles. The minimum Gasteiger partial charge on any atom is -0.322 e. The standard InChI is InChI=1S/C20H21ClF3N3O/c21-17-12-16(20(22,23)24)6-7-18(17)25-19(28)14-27-10-8-26(9-11-27)13-15-4-2-1-3-5-15/h1-7,12H,8-11,13-14H2,(H,25,28)/p+2. The molecule has 3 rings (SSSR count). The molecular weight excluding hydrogens is 391 g/mol. The first-order chi connectivity index (χ1) is 13.3. The smallest absolute Gasteiger partial charge is 0.322 e. The molecular formula is C20H23ClF3N3O+2. The lowest BCUT2D eigenvalue weighted by atomic mass is 10.2. The number of quaternary nitrogens is 2. The van der Waals surface area contributed by atoms with E-state index in [0.29, 0.717) is 0 Å². The van der Waals surface area contributed by atoms with E-state index >= 15 is 0 Å². The van der Waals surface area contributed by atoms with Gasteiger partial charge in [0.15, 0.2) is 6.54 Å². The number of hydrogen-bond acceptors (Lipinski definition) is 1. The highest BCUT2D eigenvalue weighted by molar-refractivity contribution is 6.33. The van der Waals surface area contributed by atoms with Crippen molar-refractivity contribution in [1.29, 1.82) is 0 Å².